The first-order valence-electron chi connectivity index (χ1n) is 4.67. The Balaban J connectivity index is 3.62. The third-order valence-electron chi connectivity index (χ3n) is 1.72. The Morgan fingerprint density at radius 2 is 1.92 bits per heavy atom. The Kier molecular flexibility index (Phi) is 5.69. The van der Waals surface area contributed by atoms with E-state index >= 15 is 0 Å². The fourth-order valence-corrected chi connectivity index (χ4v) is 1.25. The lowest BCUT2D eigenvalue weighted by molar-refractivity contribution is -0.116. The van der Waals surface area contributed by atoms with Crippen molar-refractivity contribution in [3.05, 3.63) is 11.6 Å². The molecule has 12 heavy (non-hydrogen) atoms. The summed E-state index contributed by atoms with van der Waals surface area (Å²) in [6.07, 6.45) is 4.93. The Hall–Kier alpha value is -0.590. The maximum atomic E-state index is 10.6. The van der Waals surface area contributed by atoms with Crippen molar-refractivity contribution in [3.8, 4) is 0 Å². The summed E-state index contributed by atoms with van der Waals surface area (Å²) in [4.78, 5) is 10.6. The molecule has 0 N–H and O–H groups in total. The van der Waals surface area contributed by atoms with Gasteiger partial charge in [0.05, 0.1) is 0 Å². The predicted molar refractivity (Wildman–Crippen MR) is 53.1 cm³/mol. The molecule has 1 heteroatoms. The average Bonchev–Trinajstić information content (AvgIpc) is 1.84. The number of ketones is 1. The van der Waals surface area contributed by atoms with Crippen LogP contribution in [0.5, 0.6) is 0 Å². The highest BCUT2D eigenvalue weighted by Gasteiger charge is 1.95. The summed E-state index contributed by atoms with van der Waals surface area (Å²) in [6, 6.07) is 0. The van der Waals surface area contributed by atoms with Crippen LogP contribution < -0.4 is 0 Å². The molecule has 0 aliphatic rings. The van der Waals surface area contributed by atoms with Gasteiger partial charge in [0.1, 0.15) is 5.78 Å². The van der Waals surface area contributed by atoms with E-state index in [0.29, 0.717) is 6.42 Å². The van der Waals surface area contributed by atoms with Crippen molar-refractivity contribution in [2.75, 3.05) is 0 Å². The fourth-order valence-electron chi connectivity index (χ4n) is 1.25. The zero-order valence-electron chi connectivity index (χ0n) is 8.68. The molecule has 0 saturated heterocycles. The van der Waals surface area contributed by atoms with Crippen molar-refractivity contribution in [2.45, 2.75) is 47.0 Å². The summed E-state index contributed by atoms with van der Waals surface area (Å²) in [5.74, 6) is 1.00. The molecule has 0 saturated carbocycles. The lowest BCUT2D eigenvalue weighted by atomic mass is 10.0. The Labute approximate surface area is 75.9 Å². The molecule has 0 bridgehead atoms. The average molecular weight is 168 g/mol. The molecule has 70 valence electrons. The van der Waals surface area contributed by atoms with Crippen LogP contribution in [0.1, 0.15) is 47.0 Å². The van der Waals surface area contributed by atoms with Crippen molar-refractivity contribution < 1.29 is 4.79 Å². The zero-order chi connectivity index (χ0) is 9.56. The summed E-state index contributed by atoms with van der Waals surface area (Å²) >= 11 is 0. The van der Waals surface area contributed by atoms with E-state index in [1.54, 1.807) is 6.92 Å². The van der Waals surface area contributed by atoms with Crippen molar-refractivity contribution >= 4 is 5.78 Å². The van der Waals surface area contributed by atoms with Crippen LogP contribution in [0, 0.1) is 5.92 Å². The molecule has 0 fully saturated rings. The van der Waals surface area contributed by atoms with Gasteiger partial charge in [-0.1, -0.05) is 25.5 Å². The minimum atomic E-state index is 0.281. The van der Waals surface area contributed by atoms with Gasteiger partial charge in [0.25, 0.3) is 0 Å². The van der Waals surface area contributed by atoms with Crippen LogP contribution in [-0.4, -0.2) is 5.78 Å². The van der Waals surface area contributed by atoms with E-state index in [1.807, 2.05) is 0 Å². The van der Waals surface area contributed by atoms with Gasteiger partial charge in [-0.15, -0.1) is 0 Å². The number of carbonyl (C=O) groups is 1. The summed E-state index contributed by atoms with van der Waals surface area (Å²) in [7, 11) is 0. The summed E-state index contributed by atoms with van der Waals surface area (Å²) in [6.45, 7) is 8.20. The van der Waals surface area contributed by atoms with E-state index in [2.05, 4.69) is 26.8 Å². The van der Waals surface area contributed by atoms with Crippen LogP contribution in [-0.2, 0) is 4.79 Å². The van der Waals surface area contributed by atoms with Crippen LogP contribution in [0.2, 0.25) is 0 Å². The maximum absolute atomic E-state index is 10.6. The normalized spacial score (nSPS) is 12.2. The first kappa shape index (κ1) is 11.4. The Morgan fingerprint density at radius 3 is 2.33 bits per heavy atom. The van der Waals surface area contributed by atoms with Crippen LogP contribution in [0.4, 0.5) is 0 Å². The molecule has 0 aromatic carbocycles. The van der Waals surface area contributed by atoms with Gasteiger partial charge >= 0.3 is 0 Å². The van der Waals surface area contributed by atoms with Gasteiger partial charge in [-0.05, 0) is 32.6 Å². The number of Topliss-reactive ketones (excluding diaryl/α,β-unsaturated/α-hetero) is 1. The van der Waals surface area contributed by atoms with E-state index in [-0.39, 0.29) is 5.78 Å². The lowest BCUT2D eigenvalue weighted by Crippen LogP contribution is -1.90. The quantitative estimate of drug-likeness (QED) is 0.575. The topological polar surface area (TPSA) is 17.1 Å². The standard InChI is InChI=1S/C11H20O/c1-9(2)8-10(3)6-5-7-11(4)12/h6,9H,5,7-8H2,1-4H3/b10-6+. The molecule has 0 radical (unpaired) electrons. The van der Waals surface area contributed by atoms with Crippen molar-refractivity contribution in [1.29, 1.82) is 0 Å². The first-order chi connectivity index (χ1) is 5.52. The fraction of sp³-hybridized carbons (Fsp3) is 0.727. The maximum Gasteiger partial charge on any atom is 0.130 e. The van der Waals surface area contributed by atoms with Crippen LogP contribution in [0.15, 0.2) is 11.6 Å². The number of hydrogen-bond donors (Lipinski definition) is 0. The second kappa shape index (κ2) is 5.99. The minimum Gasteiger partial charge on any atom is -0.300 e. The third kappa shape index (κ3) is 7.52. The van der Waals surface area contributed by atoms with Gasteiger partial charge in [-0.3, -0.25) is 0 Å². The van der Waals surface area contributed by atoms with Crippen LogP contribution >= 0.6 is 0 Å². The molecule has 0 aliphatic heterocycles. The highest BCUT2D eigenvalue weighted by atomic mass is 16.1. The largest absolute Gasteiger partial charge is 0.300 e. The monoisotopic (exact) mass is 168 g/mol. The SMILES string of the molecule is CC(=O)CC/C=C(\C)CC(C)C. The predicted octanol–water partition coefficient (Wildman–Crippen LogP) is 3.35. The summed E-state index contributed by atoms with van der Waals surface area (Å²) in [5.41, 5.74) is 1.41. The highest BCUT2D eigenvalue weighted by Crippen LogP contribution is 2.10. The molecule has 0 amide bonds. The first-order valence-corrected chi connectivity index (χ1v) is 4.67. The molecule has 0 unspecified atom stereocenters. The molecular weight excluding hydrogens is 148 g/mol. The number of carbonyl (C=O) groups excluding carboxylic acids is 1. The van der Waals surface area contributed by atoms with Crippen molar-refractivity contribution in [1.82, 2.24) is 0 Å². The molecule has 0 aliphatic carbocycles. The number of rotatable bonds is 5. The van der Waals surface area contributed by atoms with E-state index in [0.717, 1.165) is 18.8 Å². The van der Waals surface area contributed by atoms with Crippen molar-refractivity contribution in [3.63, 3.8) is 0 Å². The summed E-state index contributed by atoms with van der Waals surface area (Å²) in [5, 5.41) is 0. The van der Waals surface area contributed by atoms with Gasteiger partial charge in [-0.2, -0.15) is 0 Å². The zero-order valence-corrected chi connectivity index (χ0v) is 8.68. The molecule has 1 nitrogen and oxygen atoms in total. The van der Waals surface area contributed by atoms with Gasteiger partial charge in [0.2, 0.25) is 0 Å². The van der Waals surface area contributed by atoms with Crippen molar-refractivity contribution in [2.24, 2.45) is 5.92 Å². The van der Waals surface area contributed by atoms with E-state index in [9.17, 15) is 4.79 Å². The summed E-state index contributed by atoms with van der Waals surface area (Å²) < 4.78 is 0. The Bertz CT molecular complexity index is 166. The molecular formula is C11H20O. The molecule has 0 aromatic heterocycles. The van der Waals surface area contributed by atoms with E-state index in [4.69, 9.17) is 0 Å². The number of allylic oxidation sites excluding steroid dienone is 2. The number of hydrogen-bond acceptors (Lipinski definition) is 1. The second-order valence-electron chi connectivity index (χ2n) is 3.89. The molecule has 0 heterocycles. The molecule has 0 aromatic rings. The molecule has 0 atom stereocenters. The highest BCUT2D eigenvalue weighted by molar-refractivity contribution is 5.75. The van der Waals surface area contributed by atoms with E-state index in [1.165, 1.54) is 5.57 Å². The van der Waals surface area contributed by atoms with E-state index < -0.39 is 0 Å². The minimum absolute atomic E-state index is 0.281. The molecule has 0 spiro atoms. The van der Waals surface area contributed by atoms with Crippen LogP contribution in [0.3, 0.4) is 0 Å². The Morgan fingerprint density at radius 1 is 1.33 bits per heavy atom. The lowest BCUT2D eigenvalue weighted by Gasteiger charge is -2.03. The van der Waals surface area contributed by atoms with Gasteiger partial charge in [0, 0.05) is 6.42 Å². The van der Waals surface area contributed by atoms with Gasteiger partial charge < -0.3 is 4.79 Å². The second-order valence-corrected chi connectivity index (χ2v) is 3.89. The van der Waals surface area contributed by atoms with Gasteiger partial charge in [0.15, 0.2) is 0 Å². The van der Waals surface area contributed by atoms with Gasteiger partial charge in [-0.25, -0.2) is 0 Å². The smallest absolute Gasteiger partial charge is 0.130 e. The van der Waals surface area contributed by atoms with Crippen LogP contribution in [0.25, 0.3) is 0 Å². The molecule has 0 rings (SSSR count). The third-order valence-corrected chi connectivity index (χ3v) is 1.72.